The third-order valence-electron chi connectivity index (χ3n) is 5.46. The molecular weight excluding hydrogens is 392 g/mol. The standard InChI is InChI=1S/C21H30N2O5S/c1-15-13-23(14-16(2)28-15)29(26,27)11-10-22-21(25)9-8-20(24)19-7-6-17-4-3-5-18(17)12-19/h6-7,12,15-16H,3-5,8-11,13-14H2,1-2H3,(H,22,25)/t15-,16-/m0/s1. The van der Waals surface area contributed by atoms with Crippen molar-refractivity contribution in [3.05, 3.63) is 34.9 Å². The minimum absolute atomic E-state index is 0.0360. The van der Waals surface area contributed by atoms with E-state index in [0.717, 1.165) is 19.3 Å². The summed E-state index contributed by atoms with van der Waals surface area (Å²) in [4.78, 5) is 24.4. The van der Waals surface area contributed by atoms with Gasteiger partial charge in [0.05, 0.1) is 18.0 Å². The second kappa shape index (κ2) is 9.36. The van der Waals surface area contributed by atoms with Crippen molar-refractivity contribution in [2.75, 3.05) is 25.4 Å². The summed E-state index contributed by atoms with van der Waals surface area (Å²) < 4.78 is 31.9. The predicted molar refractivity (Wildman–Crippen MR) is 110 cm³/mol. The van der Waals surface area contributed by atoms with E-state index in [2.05, 4.69) is 5.32 Å². The molecule has 2 atom stereocenters. The maximum absolute atomic E-state index is 12.5. The van der Waals surface area contributed by atoms with Crippen molar-refractivity contribution in [2.24, 2.45) is 0 Å². The van der Waals surface area contributed by atoms with Gasteiger partial charge in [-0.15, -0.1) is 0 Å². The van der Waals surface area contributed by atoms with Gasteiger partial charge in [0.15, 0.2) is 5.78 Å². The van der Waals surface area contributed by atoms with Gasteiger partial charge in [-0.2, -0.15) is 4.31 Å². The first-order chi connectivity index (χ1) is 13.7. The van der Waals surface area contributed by atoms with Gasteiger partial charge in [0.2, 0.25) is 15.9 Å². The first-order valence-electron chi connectivity index (χ1n) is 10.3. The summed E-state index contributed by atoms with van der Waals surface area (Å²) in [6.45, 7) is 4.38. The Kier molecular flexibility index (Phi) is 7.08. The van der Waals surface area contributed by atoms with E-state index in [-0.39, 0.29) is 49.0 Å². The van der Waals surface area contributed by atoms with Crippen molar-refractivity contribution in [1.29, 1.82) is 0 Å². The fourth-order valence-corrected chi connectivity index (χ4v) is 5.50. The molecule has 0 radical (unpaired) electrons. The first-order valence-corrected chi connectivity index (χ1v) is 11.9. The molecule has 1 aliphatic carbocycles. The maximum Gasteiger partial charge on any atom is 0.220 e. The number of nitrogens with one attached hydrogen (secondary N) is 1. The Morgan fingerprint density at radius 1 is 1.10 bits per heavy atom. The molecule has 8 heteroatoms. The highest BCUT2D eigenvalue weighted by Gasteiger charge is 2.30. The molecule has 3 rings (SSSR count). The normalized spacial score (nSPS) is 22.3. The number of rotatable bonds is 8. The zero-order valence-corrected chi connectivity index (χ0v) is 18.0. The Labute approximate surface area is 172 Å². The van der Waals surface area contributed by atoms with Crippen LogP contribution in [0.1, 0.15) is 54.6 Å². The first kappa shape index (κ1) is 21.9. The Bertz CT molecular complexity index is 858. The summed E-state index contributed by atoms with van der Waals surface area (Å²) in [6.07, 6.45) is 3.09. The molecule has 1 heterocycles. The molecule has 1 aliphatic heterocycles. The van der Waals surface area contributed by atoms with Gasteiger partial charge in [0, 0.05) is 38.0 Å². The van der Waals surface area contributed by atoms with Gasteiger partial charge in [0.25, 0.3) is 0 Å². The number of nitrogens with zero attached hydrogens (tertiary/aromatic N) is 1. The Morgan fingerprint density at radius 3 is 2.52 bits per heavy atom. The number of hydrogen-bond donors (Lipinski definition) is 1. The molecule has 1 N–H and O–H groups in total. The molecule has 1 aromatic rings. The van der Waals surface area contributed by atoms with E-state index in [1.807, 2.05) is 32.0 Å². The van der Waals surface area contributed by atoms with Crippen molar-refractivity contribution in [3.8, 4) is 0 Å². The Hall–Kier alpha value is -1.77. The van der Waals surface area contributed by atoms with Crippen LogP contribution in [0.3, 0.4) is 0 Å². The summed E-state index contributed by atoms with van der Waals surface area (Å²) >= 11 is 0. The number of ketones is 1. The van der Waals surface area contributed by atoms with E-state index in [1.54, 1.807) is 0 Å². The number of sulfonamides is 1. The van der Waals surface area contributed by atoms with Crippen LogP contribution < -0.4 is 5.32 Å². The van der Waals surface area contributed by atoms with Crippen LogP contribution in [0.25, 0.3) is 0 Å². The van der Waals surface area contributed by atoms with Gasteiger partial charge >= 0.3 is 0 Å². The second-order valence-electron chi connectivity index (χ2n) is 8.00. The van der Waals surface area contributed by atoms with E-state index in [0.29, 0.717) is 18.7 Å². The molecule has 160 valence electrons. The molecule has 0 spiro atoms. The van der Waals surface area contributed by atoms with Crippen molar-refractivity contribution in [2.45, 2.75) is 58.2 Å². The Balaban J connectivity index is 1.41. The lowest BCUT2D eigenvalue weighted by Gasteiger charge is -2.34. The molecule has 0 aromatic heterocycles. The molecule has 0 unspecified atom stereocenters. The van der Waals surface area contributed by atoms with E-state index >= 15 is 0 Å². The van der Waals surface area contributed by atoms with Gasteiger partial charge in [-0.25, -0.2) is 8.42 Å². The summed E-state index contributed by atoms with van der Waals surface area (Å²) in [5, 5.41) is 2.62. The van der Waals surface area contributed by atoms with Crippen molar-refractivity contribution in [3.63, 3.8) is 0 Å². The van der Waals surface area contributed by atoms with E-state index < -0.39 is 10.0 Å². The van der Waals surface area contributed by atoms with Crippen LogP contribution in [-0.4, -0.2) is 62.0 Å². The fraction of sp³-hybridized carbons (Fsp3) is 0.619. The number of ether oxygens (including phenoxy) is 1. The lowest BCUT2D eigenvalue weighted by molar-refractivity contribution is -0.120. The van der Waals surface area contributed by atoms with Gasteiger partial charge in [0.1, 0.15) is 0 Å². The molecule has 0 bridgehead atoms. The van der Waals surface area contributed by atoms with E-state index in [1.165, 1.54) is 15.4 Å². The average molecular weight is 423 g/mol. The SMILES string of the molecule is C[C@H]1CN(S(=O)(=O)CCNC(=O)CCC(=O)c2ccc3c(c2)CCC3)C[C@H](C)O1. The van der Waals surface area contributed by atoms with Crippen molar-refractivity contribution < 1.29 is 22.7 Å². The number of Topliss-reactive ketones (excluding diaryl/α,β-unsaturated/α-hetero) is 1. The second-order valence-corrected chi connectivity index (χ2v) is 10.1. The number of benzene rings is 1. The minimum atomic E-state index is -3.45. The number of carbonyl (C=O) groups excluding carboxylic acids is 2. The monoisotopic (exact) mass is 422 g/mol. The molecule has 1 fully saturated rings. The van der Waals surface area contributed by atoms with Gasteiger partial charge in [-0.05, 0) is 50.3 Å². The molecule has 1 amide bonds. The molecule has 2 aliphatic rings. The fourth-order valence-electron chi connectivity index (χ4n) is 4.01. The van der Waals surface area contributed by atoms with Crippen LogP contribution >= 0.6 is 0 Å². The molecule has 1 saturated heterocycles. The van der Waals surface area contributed by atoms with Crippen LogP contribution in [0, 0.1) is 0 Å². The number of aryl methyl sites for hydroxylation is 2. The summed E-state index contributed by atoms with van der Waals surface area (Å²) in [6, 6.07) is 5.79. The summed E-state index contributed by atoms with van der Waals surface area (Å²) in [5.74, 6) is -0.520. The number of hydrogen-bond acceptors (Lipinski definition) is 5. The number of morpholine rings is 1. The average Bonchev–Trinajstić information content (AvgIpc) is 3.13. The minimum Gasteiger partial charge on any atom is -0.373 e. The lowest BCUT2D eigenvalue weighted by Crippen LogP contribution is -2.49. The predicted octanol–water partition coefficient (Wildman–Crippen LogP) is 1.69. The molecular formula is C21H30N2O5S. The van der Waals surface area contributed by atoms with Crippen molar-refractivity contribution >= 4 is 21.7 Å². The quantitative estimate of drug-likeness (QED) is 0.644. The zero-order valence-electron chi connectivity index (χ0n) is 17.1. The zero-order chi connectivity index (χ0) is 21.0. The third kappa shape index (κ3) is 5.87. The Morgan fingerprint density at radius 2 is 1.79 bits per heavy atom. The number of carbonyl (C=O) groups is 2. The van der Waals surface area contributed by atoms with E-state index in [9.17, 15) is 18.0 Å². The van der Waals surface area contributed by atoms with Crippen LogP contribution in [-0.2, 0) is 32.4 Å². The van der Waals surface area contributed by atoms with Gasteiger partial charge < -0.3 is 10.1 Å². The van der Waals surface area contributed by atoms with Crippen molar-refractivity contribution in [1.82, 2.24) is 9.62 Å². The summed E-state index contributed by atoms with van der Waals surface area (Å²) in [7, 11) is -3.45. The van der Waals surface area contributed by atoms with Gasteiger partial charge in [-0.3, -0.25) is 9.59 Å². The molecule has 0 saturated carbocycles. The van der Waals surface area contributed by atoms with Crippen LogP contribution in [0.5, 0.6) is 0 Å². The third-order valence-corrected chi connectivity index (χ3v) is 7.27. The lowest BCUT2D eigenvalue weighted by atomic mass is 10.0. The molecule has 29 heavy (non-hydrogen) atoms. The highest BCUT2D eigenvalue weighted by atomic mass is 32.2. The maximum atomic E-state index is 12.5. The molecule has 1 aromatic carbocycles. The molecule has 7 nitrogen and oxygen atoms in total. The van der Waals surface area contributed by atoms with Gasteiger partial charge in [-0.1, -0.05) is 12.1 Å². The van der Waals surface area contributed by atoms with E-state index in [4.69, 9.17) is 4.74 Å². The van der Waals surface area contributed by atoms with Crippen LogP contribution in [0.15, 0.2) is 18.2 Å². The van der Waals surface area contributed by atoms with Crippen LogP contribution in [0.2, 0.25) is 0 Å². The smallest absolute Gasteiger partial charge is 0.220 e. The largest absolute Gasteiger partial charge is 0.373 e. The highest BCUT2D eigenvalue weighted by Crippen LogP contribution is 2.23. The number of amides is 1. The highest BCUT2D eigenvalue weighted by molar-refractivity contribution is 7.89. The topological polar surface area (TPSA) is 92.8 Å². The summed E-state index contributed by atoms with van der Waals surface area (Å²) in [5.41, 5.74) is 3.19. The number of fused-ring (bicyclic) bond motifs is 1. The van der Waals surface area contributed by atoms with Crippen LogP contribution in [0.4, 0.5) is 0 Å².